The molecule has 0 amide bonds. The molecule has 0 spiro atoms. The fourth-order valence-electron chi connectivity index (χ4n) is 1.39. The first kappa shape index (κ1) is 12.7. The van der Waals surface area contributed by atoms with E-state index in [2.05, 4.69) is 6.58 Å². The van der Waals surface area contributed by atoms with Crippen molar-refractivity contribution in [3.8, 4) is 0 Å². The van der Waals surface area contributed by atoms with Gasteiger partial charge in [0, 0.05) is 26.8 Å². The lowest BCUT2D eigenvalue weighted by Gasteiger charge is -2.35. The monoisotopic (exact) mass is 206 g/mol. The van der Waals surface area contributed by atoms with E-state index < -0.39 is 7.52 Å². The lowest BCUT2D eigenvalue weighted by Crippen LogP contribution is -2.39. The van der Waals surface area contributed by atoms with Crippen LogP contribution in [0.1, 0.15) is 13.8 Å². The zero-order chi connectivity index (χ0) is 10.6. The summed E-state index contributed by atoms with van der Waals surface area (Å²) in [7, 11) is 0.898. The van der Waals surface area contributed by atoms with Crippen molar-refractivity contribution in [1.82, 2.24) is 9.79 Å². The SMILES string of the molecule is C=COP(C)(=O)N(C(C)C)N(C)C. The van der Waals surface area contributed by atoms with Crippen molar-refractivity contribution in [2.24, 2.45) is 0 Å². The normalized spacial score (nSPS) is 16.3. The van der Waals surface area contributed by atoms with Crippen LogP contribution in [0.25, 0.3) is 0 Å². The fourth-order valence-corrected chi connectivity index (χ4v) is 3.26. The summed E-state index contributed by atoms with van der Waals surface area (Å²) < 4.78 is 18.7. The molecule has 0 N–H and O–H groups in total. The molecule has 78 valence electrons. The highest BCUT2D eigenvalue weighted by Crippen LogP contribution is 2.48. The second-order valence-corrected chi connectivity index (χ2v) is 5.56. The molecule has 1 atom stereocenters. The van der Waals surface area contributed by atoms with E-state index in [0.29, 0.717) is 0 Å². The molecule has 0 saturated heterocycles. The van der Waals surface area contributed by atoms with Crippen LogP contribution in [0.3, 0.4) is 0 Å². The minimum absolute atomic E-state index is 0.130. The van der Waals surface area contributed by atoms with Crippen molar-refractivity contribution in [2.45, 2.75) is 19.9 Å². The molecule has 1 unspecified atom stereocenters. The van der Waals surface area contributed by atoms with Gasteiger partial charge in [-0.2, -0.15) is 4.78 Å². The van der Waals surface area contributed by atoms with Crippen LogP contribution in [0.2, 0.25) is 0 Å². The van der Waals surface area contributed by atoms with Gasteiger partial charge in [-0.25, -0.2) is 5.01 Å². The third kappa shape index (κ3) is 3.51. The molecule has 0 radical (unpaired) electrons. The van der Waals surface area contributed by atoms with Crippen LogP contribution in [0, 0.1) is 0 Å². The van der Waals surface area contributed by atoms with E-state index in [1.54, 1.807) is 16.5 Å². The summed E-state index contributed by atoms with van der Waals surface area (Å²) >= 11 is 0. The Hall–Kier alpha value is -0.310. The van der Waals surface area contributed by atoms with Gasteiger partial charge in [0.05, 0.1) is 6.26 Å². The van der Waals surface area contributed by atoms with E-state index in [4.69, 9.17) is 4.52 Å². The minimum atomic E-state index is -2.77. The van der Waals surface area contributed by atoms with Crippen LogP contribution in [-0.4, -0.2) is 36.6 Å². The molecule has 0 aromatic carbocycles. The van der Waals surface area contributed by atoms with Crippen LogP contribution < -0.4 is 0 Å². The van der Waals surface area contributed by atoms with E-state index >= 15 is 0 Å². The quantitative estimate of drug-likeness (QED) is 0.392. The Morgan fingerprint density at radius 1 is 1.46 bits per heavy atom. The first-order chi connectivity index (χ1) is 5.83. The second kappa shape index (κ2) is 4.80. The van der Waals surface area contributed by atoms with Crippen LogP contribution in [-0.2, 0) is 9.09 Å². The molecule has 0 bridgehead atoms. The van der Waals surface area contributed by atoms with Crippen molar-refractivity contribution in [3.05, 3.63) is 12.8 Å². The molecule has 0 aliphatic carbocycles. The van der Waals surface area contributed by atoms with Crippen molar-refractivity contribution in [2.75, 3.05) is 20.8 Å². The summed E-state index contributed by atoms with van der Waals surface area (Å²) in [5, 5.41) is 1.77. The van der Waals surface area contributed by atoms with Crippen LogP contribution in [0.5, 0.6) is 0 Å². The van der Waals surface area contributed by atoms with E-state index in [0.717, 1.165) is 0 Å². The largest absolute Gasteiger partial charge is 0.441 e. The van der Waals surface area contributed by atoms with Crippen molar-refractivity contribution in [1.29, 1.82) is 0 Å². The van der Waals surface area contributed by atoms with Crippen molar-refractivity contribution < 1.29 is 9.09 Å². The molecular formula is C8H19N2O2P. The Morgan fingerprint density at radius 3 is 2.15 bits per heavy atom. The summed E-state index contributed by atoms with van der Waals surface area (Å²) in [6.45, 7) is 8.91. The maximum Gasteiger partial charge on any atom is 0.329 e. The standard InChI is InChI=1S/C8H19N2O2P/c1-7-12-13(6,11)10(8(2)3)9(4)5/h7-8H,1H2,2-6H3. The average molecular weight is 206 g/mol. The Kier molecular flexibility index (Phi) is 4.68. The third-order valence-corrected chi connectivity index (χ3v) is 3.62. The molecule has 0 aliphatic rings. The van der Waals surface area contributed by atoms with E-state index in [9.17, 15) is 4.57 Å². The highest BCUT2D eigenvalue weighted by molar-refractivity contribution is 7.55. The number of hydrazine groups is 1. The number of hydrogen-bond donors (Lipinski definition) is 0. The Labute approximate surface area is 80.6 Å². The molecule has 4 nitrogen and oxygen atoms in total. The molecular weight excluding hydrogens is 187 g/mol. The summed E-state index contributed by atoms with van der Waals surface area (Å²) in [6.07, 6.45) is 1.22. The lowest BCUT2D eigenvalue weighted by atomic mass is 10.4. The topological polar surface area (TPSA) is 32.8 Å². The van der Waals surface area contributed by atoms with Gasteiger partial charge in [0.15, 0.2) is 0 Å². The van der Waals surface area contributed by atoms with Crippen molar-refractivity contribution in [3.63, 3.8) is 0 Å². The summed E-state index contributed by atoms with van der Waals surface area (Å²) in [6, 6.07) is 0.130. The van der Waals surface area contributed by atoms with Gasteiger partial charge in [0.1, 0.15) is 0 Å². The van der Waals surface area contributed by atoms with E-state index in [1.165, 1.54) is 6.26 Å². The second-order valence-electron chi connectivity index (χ2n) is 3.34. The maximum absolute atomic E-state index is 12.0. The Bertz CT molecular complexity index is 208. The van der Waals surface area contributed by atoms with Crippen LogP contribution in [0.15, 0.2) is 12.8 Å². The van der Waals surface area contributed by atoms with Crippen LogP contribution in [0.4, 0.5) is 0 Å². The first-order valence-corrected chi connectivity index (χ1v) is 6.19. The smallest absolute Gasteiger partial charge is 0.329 e. The van der Waals surface area contributed by atoms with Gasteiger partial charge in [0.2, 0.25) is 0 Å². The number of hydrogen-bond acceptors (Lipinski definition) is 3. The summed E-state index contributed by atoms with van der Waals surface area (Å²) in [4.78, 5) is 0. The molecule has 0 saturated carbocycles. The van der Waals surface area contributed by atoms with Gasteiger partial charge in [-0.05, 0) is 13.8 Å². The van der Waals surface area contributed by atoms with Crippen molar-refractivity contribution >= 4 is 7.52 Å². The lowest BCUT2D eigenvalue weighted by molar-refractivity contribution is 0.0761. The number of nitrogens with zero attached hydrogens (tertiary/aromatic N) is 2. The molecule has 0 aliphatic heterocycles. The predicted octanol–water partition coefficient (Wildman–Crippen LogP) is 2.16. The van der Waals surface area contributed by atoms with Gasteiger partial charge in [0.25, 0.3) is 0 Å². The predicted molar refractivity (Wildman–Crippen MR) is 55.5 cm³/mol. The van der Waals surface area contributed by atoms with Gasteiger partial charge < -0.3 is 4.52 Å². The molecule has 13 heavy (non-hydrogen) atoms. The van der Waals surface area contributed by atoms with Gasteiger partial charge in [-0.3, -0.25) is 4.57 Å². The molecule has 5 heteroatoms. The van der Waals surface area contributed by atoms with Gasteiger partial charge in [-0.15, -0.1) is 0 Å². The fraction of sp³-hybridized carbons (Fsp3) is 0.750. The molecule has 0 fully saturated rings. The van der Waals surface area contributed by atoms with Crippen LogP contribution >= 0.6 is 7.52 Å². The highest BCUT2D eigenvalue weighted by Gasteiger charge is 2.30. The molecule has 0 rings (SSSR count). The molecule has 0 aromatic rings. The Morgan fingerprint density at radius 2 is 1.92 bits per heavy atom. The minimum Gasteiger partial charge on any atom is -0.441 e. The highest BCUT2D eigenvalue weighted by atomic mass is 31.2. The first-order valence-electron chi connectivity index (χ1n) is 4.16. The number of rotatable bonds is 5. The van der Waals surface area contributed by atoms with Gasteiger partial charge in [-0.1, -0.05) is 6.58 Å². The Balaban J connectivity index is 4.72. The summed E-state index contributed by atoms with van der Waals surface area (Å²) in [5.74, 6) is 0. The molecule has 0 heterocycles. The average Bonchev–Trinajstić information content (AvgIpc) is 1.82. The zero-order valence-corrected chi connectivity index (χ0v) is 9.91. The summed E-state index contributed by atoms with van der Waals surface area (Å²) in [5.41, 5.74) is 0. The van der Waals surface area contributed by atoms with E-state index in [-0.39, 0.29) is 6.04 Å². The third-order valence-electron chi connectivity index (χ3n) is 1.51. The maximum atomic E-state index is 12.0. The van der Waals surface area contributed by atoms with Gasteiger partial charge >= 0.3 is 7.52 Å². The molecule has 0 aromatic heterocycles. The van der Waals surface area contributed by atoms with E-state index in [1.807, 2.05) is 27.9 Å². The zero-order valence-electron chi connectivity index (χ0n) is 9.02.